The van der Waals surface area contributed by atoms with E-state index < -0.39 is 0 Å². The van der Waals surface area contributed by atoms with Crippen LogP contribution in [0.15, 0.2) is 22.9 Å². The standard InChI is InChI=1S/C12H17BrN2O/c13-12-5-4-11(10-14-12)16-9-3-8-15-6-1-2-7-15/h4-5,10H,1-3,6-9H2. The van der Waals surface area contributed by atoms with Crippen molar-refractivity contribution in [1.82, 2.24) is 9.88 Å². The maximum atomic E-state index is 5.61. The van der Waals surface area contributed by atoms with Crippen molar-refractivity contribution in [3.63, 3.8) is 0 Å². The molecule has 3 nitrogen and oxygen atoms in total. The molecule has 0 radical (unpaired) electrons. The van der Waals surface area contributed by atoms with Gasteiger partial charge in [0.25, 0.3) is 0 Å². The Kier molecular flexibility index (Phi) is 4.60. The van der Waals surface area contributed by atoms with Crippen LogP contribution in [0, 0.1) is 0 Å². The van der Waals surface area contributed by atoms with E-state index in [1.54, 1.807) is 6.20 Å². The fourth-order valence-corrected chi connectivity index (χ4v) is 2.17. The zero-order valence-corrected chi connectivity index (χ0v) is 10.9. The molecule has 2 rings (SSSR count). The predicted octanol–water partition coefficient (Wildman–Crippen LogP) is 2.71. The third-order valence-corrected chi connectivity index (χ3v) is 3.26. The topological polar surface area (TPSA) is 25.4 Å². The molecule has 0 bridgehead atoms. The van der Waals surface area contributed by atoms with Gasteiger partial charge in [-0.3, -0.25) is 0 Å². The van der Waals surface area contributed by atoms with E-state index in [4.69, 9.17) is 4.74 Å². The Morgan fingerprint density at radius 3 is 2.81 bits per heavy atom. The number of likely N-dealkylation sites (tertiary alicyclic amines) is 1. The molecule has 1 aliphatic heterocycles. The first-order valence-corrected chi connectivity index (χ1v) is 6.60. The van der Waals surface area contributed by atoms with Crippen LogP contribution in [0.5, 0.6) is 5.75 Å². The van der Waals surface area contributed by atoms with Crippen LogP contribution in [0.1, 0.15) is 19.3 Å². The molecule has 0 unspecified atom stereocenters. The highest BCUT2D eigenvalue weighted by molar-refractivity contribution is 9.10. The Morgan fingerprint density at radius 2 is 2.12 bits per heavy atom. The Morgan fingerprint density at radius 1 is 1.31 bits per heavy atom. The second-order valence-corrected chi connectivity index (χ2v) is 4.88. The first-order chi connectivity index (χ1) is 7.84. The summed E-state index contributed by atoms with van der Waals surface area (Å²) >= 11 is 3.30. The molecule has 0 spiro atoms. The number of hydrogen-bond acceptors (Lipinski definition) is 3. The second kappa shape index (κ2) is 6.21. The quantitative estimate of drug-likeness (QED) is 0.614. The summed E-state index contributed by atoms with van der Waals surface area (Å²) in [5, 5.41) is 0. The second-order valence-electron chi connectivity index (χ2n) is 4.07. The summed E-state index contributed by atoms with van der Waals surface area (Å²) < 4.78 is 6.46. The van der Waals surface area contributed by atoms with Crippen molar-refractivity contribution >= 4 is 15.9 Å². The third kappa shape index (κ3) is 3.76. The maximum Gasteiger partial charge on any atom is 0.137 e. The van der Waals surface area contributed by atoms with Gasteiger partial charge in [0.15, 0.2) is 0 Å². The number of pyridine rings is 1. The Hall–Kier alpha value is -0.610. The van der Waals surface area contributed by atoms with Crippen molar-refractivity contribution < 1.29 is 4.74 Å². The SMILES string of the molecule is Brc1ccc(OCCCN2CCCC2)cn1. The molecule has 1 aliphatic rings. The van der Waals surface area contributed by atoms with Crippen molar-refractivity contribution in [2.75, 3.05) is 26.2 Å². The van der Waals surface area contributed by atoms with Crippen molar-refractivity contribution in [3.05, 3.63) is 22.9 Å². The molecule has 1 aromatic heterocycles. The fourth-order valence-electron chi connectivity index (χ4n) is 1.93. The molecule has 1 aromatic rings. The molecule has 88 valence electrons. The highest BCUT2D eigenvalue weighted by atomic mass is 79.9. The average molecular weight is 285 g/mol. The monoisotopic (exact) mass is 284 g/mol. The minimum Gasteiger partial charge on any atom is -0.492 e. The van der Waals surface area contributed by atoms with Gasteiger partial charge in [-0.1, -0.05) is 0 Å². The van der Waals surface area contributed by atoms with Gasteiger partial charge in [0, 0.05) is 6.54 Å². The molecule has 0 saturated carbocycles. The predicted molar refractivity (Wildman–Crippen MR) is 67.7 cm³/mol. The lowest BCUT2D eigenvalue weighted by molar-refractivity contribution is 0.262. The summed E-state index contributed by atoms with van der Waals surface area (Å²) in [7, 11) is 0. The summed E-state index contributed by atoms with van der Waals surface area (Å²) in [5.74, 6) is 0.852. The first-order valence-electron chi connectivity index (χ1n) is 5.81. The minimum atomic E-state index is 0.778. The van der Waals surface area contributed by atoms with Gasteiger partial charge in [0.1, 0.15) is 10.4 Å². The minimum absolute atomic E-state index is 0.778. The van der Waals surface area contributed by atoms with Crippen LogP contribution < -0.4 is 4.74 Å². The van der Waals surface area contributed by atoms with Gasteiger partial charge in [0.05, 0.1) is 12.8 Å². The number of halogens is 1. The lowest BCUT2D eigenvalue weighted by Gasteiger charge is -2.14. The molecule has 0 amide bonds. The highest BCUT2D eigenvalue weighted by Gasteiger charge is 2.10. The molecule has 0 aromatic carbocycles. The van der Waals surface area contributed by atoms with Crippen LogP contribution in [0.2, 0.25) is 0 Å². The molecule has 2 heterocycles. The Bertz CT molecular complexity index is 309. The van der Waals surface area contributed by atoms with E-state index in [9.17, 15) is 0 Å². The van der Waals surface area contributed by atoms with Crippen LogP contribution in [0.4, 0.5) is 0 Å². The number of aromatic nitrogens is 1. The van der Waals surface area contributed by atoms with Crippen molar-refractivity contribution in [2.24, 2.45) is 0 Å². The Balaban J connectivity index is 1.62. The number of nitrogens with zero attached hydrogens (tertiary/aromatic N) is 2. The van der Waals surface area contributed by atoms with Gasteiger partial charge in [0.2, 0.25) is 0 Å². The average Bonchev–Trinajstić information content (AvgIpc) is 2.80. The van der Waals surface area contributed by atoms with E-state index in [1.807, 2.05) is 12.1 Å². The van der Waals surface area contributed by atoms with Gasteiger partial charge in [-0.2, -0.15) is 0 Å². The van der Waals surface area contributed by atoms with E-state index in [2.05, 4.69) is 25.8 Å². The van der Waals surface area contributed by atoms with Crippen molar-refractivity contribution in [3.8, 4) is 5.75 Å². The Labute approximate surface area is 105 Å². The molecule has 0 N–H and O–H groups in total. The summed E-state index contributed by atoms with van der Waals surface area (Å²) in [6.45, 7) is 4.46. The van der Waals surface area contributed by atoms with Gasteiger partial charge in [-0.05, 0) is 60.4 Å². The molecule has 1 saturated heterocycles. The number of hydrogen-bond donors (Lipinski definition) is 0. The van der Waals surface area contributed by atoms with E-state index >= 15 is 0 Å². The molecule has 1 fully saturated rings. The van der Waals surface area contributed by atoms with Crippen molar-refractivity contribution in [2.45, 2.75) is 19.3 Å². The lowest BCUT2D eigenvalue weighted by atomic mass is 10.4. The lowest BCUT2D eigenvalue weighted by Crippen LogP contribution is -2.21. The summed E-state index contributed by atoms with van der Waals surface area (Å²) in [6.07, 6.45) is 5.56. The van der Waals surface area contributed by atoms with Gasteiger partial charge < -0.3 is 9.64 Å². The molecular formula is C12H17BrN2O. The van der Waals surface area contributed by atoms with Crippen LogP contribution in [-0.4, -0.2) is 36.1 Å². The first kappa shape index (κ1) is 11.9. The van der Waals surface area contributed by atoms with Crippen LogP contribution in [-0.2, 0) is 0 Å². The van der Waals surface area contributed by atoms with Crippen LogP contribution >= 0.6 is 15.9 Å². The molecule has 0 aliphatic carbocycles. The highest BCUT2D eigenvalue weighted by Crippen LogP contribution is 2.13. The van der Waals surface area contributed by atoms with Gasteiger partial charge in [-0.25, -0.2) is 4.98 Å². The van der Waals surface area contributed by atoms with E-state index in [0.29, 0.717) is 0 Å². The third-order valence-electron chi connectivity index (χ3n) is 2.79. The fraction of sp³-hybridized carbons (Fsp3) is 0.583. The summed E-state index contributed by atoms with van der Waals surface area (Å²) in [6, 6.07) is 3.84. The number of rotatable bonds is 5. The van der Waals surface area contributed by atoms with Gasteiger partial charge in [-0.15, -0.1) is 0 Å². The molecule has 4 heteroatoms. The zero-order valence-electron chi connectivity index (χ0n) is 9.36. The normalized spacial score (nSPS) is 16.6. The van der Waals surface area contributed by atoms with E-state index in [-0.39, 0.29) is 0 Å². The molecule has 16 heavy (non-hydrogen) atoms. The number of ether oxygens (including phenoxy) is 1. The van der Waals surface area contributed by atoms with Crippen molar-refractivity contribution in [1.29, 1.82) is 0 Å². The van der Waals surface area contributed by atoms with Gasteiger partial charge >= 0.3 is 0 Å². The largest absolute Gasteiger partial charge is 0.492 e. The smallest absolute Gasteiger partial charge is 0.137 e. The molecule has 0 atom stereocenters. The summed E-state index contributed by atoms with van der Waals surface area (Å²) in [4.78, 5) is 6.62. The van der Waals surface area contributed by atoms with E-state index in [1.165, 1.54) is 25.9 Å². The van der Waals surface area contributed by atoms with Crippen LogP contribution in [0.25, 0.3) is 0 Å². The molecular weight excluding hydrogens is 268 g/mol. The van der Waals surface area contributed by atoms with Crippen LogP contribution in [0.3, 0.4) is 0 Å². The van der Waals surface area contributed by atoms with E-state index in [0.717, 1.165) is 29.9 Å². The zero-order chi connectivity index (χ0) is 11.2. The maximum absolute atomic E-state index is 5.61. The summed E-state index contributed by atoms with van der Waals surface area (Å²) in [5.41, 5.74) is 0.